The number of nitrogens with one attached hydrogen (secondary N) is 3. The van der Waals surface area contributed by atoms with E-state index in [-0.39, 0.29) is 17.8 Å². The van der Waals surface area contributed by atoms with Gasteiger partial charge in [0.1, 0.15) is 17.5 Å². The number of rotatable bonds is 4. The lowest BCUT2D eigenvalue weighted by atomic mass is 10.1. The van der Waals surface area contributed by atoms with Gasteiger partial charge >= 0.3 is 5.69 Å². The van der Waals surface area contributed by atoms with E-state index in [1.807, 2.05) is 6.07 Å². The number of benzene rings is 1. The van der Waals surface area contributed by atoms with Gasteiger partial charge in [-0.1, -0.05) is 0 Å². The Labute approximate surface area is 137 Å². The summed E-state index contributed by atoms with van der Waals surface area (Å²) >= 11 is 0. The summed E-state index contributed by atoms with van der Waals surface area (Å²) < 4.78 is 11.3. The highest BCUT2D eigenvalue weighted by molar-refractivity contribution is 5.92. The number of carbonyl (C=O) groups excluding carboxylic acids is 1. The van der Waals surface area contributed by atoms with Crippen LogP contribution in [0.2, 0.25) is 0 Å². The Morgan fingerprint density at radius 1 is 1.38 bits per heavy atom. The summed E-state index contributed by atoms with van der Waals surface area (Å²) in [5.74, 6) is 0.215. The van der Waals surface area contributed by atoms with E-state index in [1.165, 1.54) is 6.20 Å². The van der Waals surface area contributed by atoms with E-state index in [0.29, 0.717) is 30.9 Å². The number of hydrogen-bond donors (Lipinski definition) is 3. The van der Waals surface area contributed by atoms with Crippen LogP contribution in [-0.2, 0) is 4.74 Å². The number of imidazole rings is 1. The van der Waals surface area contributed by atoms with Gasteiger partial charge in [0.05, 0.1) is 30.9 Å². The van der Waals surface area contributed by atoms with Gasteiger partial charge in [-0.15, -0.1) is 0 Å². The molecule has 3 N–H and O–H groups in total. The van der Waals surface area contributed by atoms with Gasteiger partial charge in [-0.25, -0.2) is 4.79 Å². The molecule has 1 aliphatic rings. The van der Waals surface area contributed by atoms with Gasteiger partial charge in [0.15, 0.2) is 0 Å². The SMILES string of the molecule is N#Cc1ccc(O[C@@H]2CCOC[C@H]2NC(=O)c2c[nH]c(=O)[nH]2)cc1. The summed E-state index contributed by atoms with van der Waals surface area (Å²) in [6.07, 6.45) is 1.67. The topological polar surface area (TPSA) is 120 Å². The molecule has 1 aromatic heterocycles. The molecule has 3 rings (SSSR count). The summed E-state index contributed by atoms with van der Waals surface area (Å²) in [5, 5.41) is 11.6. The zero-order valence-electron chi connectivity index (χ0n) is 12.7. The van der Waals surface area contributed by atoms with Crippen LogP contribution in [0.15, 0.2) is 35.3 Å². The number of H-pyrrole nitrogens is 2. The third-order valence-electron chi connectivity index (χ3n) is 3.72. The fourth-order valence-electron chi connectivity index (χ4n) is 2.48. The van der Waals surface area contributed by atoms with Gasteiger partial charge in [0, 0.05) is 12.6 Å². The first-order chi connectivity index (χ1) is 11.7. The maximum absolute atomic E-state index is 12.2. The van der Waals surface area contributed by atoms with Crippen LogP contribution in [0.1, 0.15) is 22.5 Å². The number of amides is 1. The monoisotopic (exact) mass is 328 g/mol. The first-order valence-electron chi connectivity index (χ1n) is 7.49. The minimum atomic E-state index is -0.439. The average Bonchev–Trinajstić information content (AvgIpc) is 3.04. The molecule has 0 radical (unpaired) electrons. The van der Waals surface area contributed by atoms with Crippen molar-refractivity contribution in [2.24, 2.45) is 0 Å². The molecule has 1 fully saturated rings. The molecule has 0 spiro atoms. The molecule has 2 atom stereocenters. The molecule has 2 aromatic rings. The van der Waals surface area contributed by atoms with Crippen LogP contribution >= 0.6 is 0 Å². The molecule has 8 nitrogen and oxygen atoms in total. The first-order valence-corrected chi connectivity index (χ1v) is 7.49. The lowest BCUT2D eigenvalue weighted by Gasteiger charge is -2.32. The normalized spacial score (nSPS) is 20.1. The van der Waals surface area contributed by atoms with Gasteiger partial charge in [-0.05, 0) is 24.3 Å². The van der Waals surface area contributed by atoms with Gasteiger partial charge in [-0.3, -0.25) is 4.79 Å². The lowest BCUT2D eigenvalue weighted by Crippen LogP contribution is -2.51. The van der Waals surface area contributed by atoms with Crippen molar-refractivity contribution >= 4 is 5.91 Å². The Kier molecular flexibility index (Phi) is 4.63. The minimum absolute atomic E-state index is 0.155. The van der Waals surface area contributed by atoms with E-state index in [0.717, 1.165) is 0 Å². The van der Waals surface area contributed by atoms with Crippen LogP contribution in [0.25, 0.3) is 0 Å². The van der Waals surface area contributed by atoms with Crippen LogP contribution in [0.3, 0.4) is 0 Å². The molecule has 8 heteroatoms. The third kappa shape index (κ3) is 3.64. The molecular weight excluding hydrogens is 312 g/mol. The number of aromatic nitrogens is 2. The predicted molar refractivity (Wildman–Crippen MR) is 83.7 cm³/mol. The quantitative estimate of drug-likeness (QED) is 0.756. The minimum Gasteiger partial charge on any atom is -0.488 e. The summed E-state index contributed by atoms with van der Waals surface area (Å²) in [5.41, 5.74) is 0.267. The second-order valence-corrected chi connectivity index (χ2v) is 5.39. The zero-order valence-corrected chi connectivity index (χ0v) is 12.7. The van der Waals surface area contributed by atoms with Crippen molar-refractivity contribution in [3.63, 3.8) is 0 Å². The van der Waals surface area contributed by atoms with Crippen molar-refractivity contribution in [3.8, 4) is 11.8 Å². The van der Waals surface area contributed by atoms with E-state index in [4.69, 9.17) is 14.7 Å². The molecule has 1 saturated heterocycles. The van der Waals surface area contributed by atoms with E-state index in [9.17, 15) is 9.59 Å². The van der Waals surface area contributed by atoms with Crippen molar-refractivity contribution in [1.82, 2.24) is 15.3 Å². The number of hydrogen-bond acceptors (Lipinski definition) is 5. The fourth-order valence-corrected chi connectivity index (χ4v) is 2.48. The maximum atomic E-state index is 12.2. The number of ether oxygens (including phenoxy) is 2. The molecule has 124 valence electrons. The summed E-state index contributed by atoms with van der Waals surface area (Å²) in [4.78, 5) is 28.0. The maximum Gasteiger partial charge on any atom is 0.323 e. The highest BCUT2D eigenvalue weighted by Crippen LogP contribution is 2.19. The molecule has 0 bridgehead atoms. The lowest BCUT2D eigenvalue weighted by molar-refractivity contribution is -0.00294. The first kappa shape index (κ1) is 15.8. The van der Waals surface area contributed by atoms with Gasteiger partial charge in [0.25, 0.3) is 5.91 Å². The molecule has 1 aromatic carbocycles. The Bertz CT molecular complexity index is 802. The van der Waals surface area contributed by atoms with E-state index in [1.54, 1.807) is 24.3 Å². The van der Waals surface area contributed by atoms with Gasteiger partial charge in [-0.2, -0.15) is 5.26 Å². The highest BCUT2D eigenvalue weighted by Gasteiger charge is 2.29. The largest absolute Gasteiger partial charge is 0.488 e. The molecule has 2 heterocycles. The van der Waals surface area contributed by atoms with Crippen LogP contribution in [0, 0.1) is 11.3 Å². The van der Waals surface area contributed by atoms with Crippen LogP contribution in [0.4, 0.5) is 0 Å². The number of carbonyl (C=O) groups is 1. The molecule has 1 amide bonds. The average molecular weight is 328 g/mol. The number of nitriles is 1. The molecule has 0 saturated carbocycles. The van der Waals surface area contributed by atoms with Crippen molar-refractivity contribution in [2.75, 3.05) is 13.2 Å². The van der Waals surface area contributed by atoms with E-state index >= 15 is 0 Å². The Morgan fingerprint density at radius 2 is 2.17 bits per heavy atom. The number of nitrogens with zero attached hydrogens (tertiary/aromatic N) is 1. The number of aromatic amines is 2. The second kappa shape index (κ2) is 7.02. The Hall–Kier alpha value is -3.05. The predicted octanol–water partition coefficient (Wildman–Crippen LogP) is 0.541. The Morgan fingerprint density at radius 3 is 2.83 bits per heavy atom. The second-order valence-electron chi connectivity index (χ2n) is 5.39. The molecule has 1 aliphatic heterocycles. The van der Waals surface area contributed by atoms with Crippen molar-refractivity contribution in [2.45, 2.75) is 18.6 Å². The van der Waals surface area contributed by atoms with E-state index in [2.05, 4.69) is 15.3 Å². The van der Waals surface area contributed by atoms with Crippen molar-refractivity contribution < 1.29 is 14.3 Å². The molecule has 0 unspecified atom stereocenters. The zero-order chi connectivity index (χ0) is 16.9. The Balaban J connectivity index is 1.67. The standard InChI is InChI=1S/C16H16N4O4/c17-7-10-1-3-11(4-2-10)24-14-5-6-23-9-13(14)19-15(21)12-8-18-16(22)20-12/h1-4,8,13-14H,5-6,9H2,(H,19,21)(H2,18,20,22)/t13-,14-/m1/s1. The van der Waals surface area contributed by atoms with Crippen LogP contribution < -0.4 is 15.7 Å². The molecule has 0 aliphatic carbocycles. The van der Waals surface area contributed by atoms with Gasteiger partial charge < -0.3 is 24.8 Å². The summed E-state index contributed by atoms with van der Waals surface area (Å²) in [7, 11) is 0. The van der Waals surface area contributed by atoms with Crippen LogP contribution in [-0.4, -0.2) is 41.2 Å². The van der Waals surface area contributed by atoms with Crippen LogP contribution in [0.5, 0.6) is 5.75 Å². The molecular formula is C16H16N4O4. The smallest absolute Gasteiger partial charge is 0.323 e. The van der Waals surface area contributed by atoms with Gasteiger partial charge in [0.2, 0.25) is 0 Å². The fraction of sp³-hybridized carbons (Fsp3) is 0.312. The molecule has 24 heavy (non-hydrogen) atoms. The summed E-state index contributed by atoms with van der Waals surface area (Å²) in [6, 6.07) is 8.49. The van der Waals surface area contributed by atoms with Crippen molar-refractivity contribution in [1.29, 1.82) is 5.26 Å². The summed E-state index contributed by atoms with van der Waals surface area (Å²) in [6.45, 7) is 0.857. The van der Waals surface area contributed by atoms with Crippen molar-refractivity contribution in [3.05, 3.63) is 52.2 Å². The highest BCUT2D eigenvalue weighted by atomic mass is 16.5. The third-order valence-corrected chi connectivity index (χ3v) is 3.72. The van der Waals surface area contributed by atoms with E-state index < -0.39 is 11.6 Å².